The number of esters is 1. The number of thiazole rings is 1. The van der Waals surface area contributed by atoms with Gasteiger partial charge in [-0.1, -0.05) is 25.5 Å². The van der Waals surface area contributed by atoms with E-state index >= 15 is 0 Å². The molecule has 3 rings (SSSR count). The topological polar surface area (TPSA) is 78.6 Å². The summed E-state index contributed by atoms with van der Waals surface area (Å²) < 4.78 is 29.1. The number of nitrogens with zero attached hydrogens (tertiary/aromatic N) is 1. The molecule has 0 fully saturated rings. The molecule has 0 bridgehead atoms. The van der Waals surface area contributed by atoms with Crippen molar-refractivity contribution >= 4 is 17.3 Å². The SMILES string of the molecule is CCCCOc1c(C(=O)OCC)occ(-c2ncc(Cc3ccc(F)cc3)s2)c1=O. The highest BCUT2D eigenvalue weighted by Crippen LogP contribution is 2.28. The third-order valence-corrected chi connectivity index (χ3v) is 5.26. The summed E-state index contributed by atoms with van der Waals surface area (Å²) in [4.78, 5) is 30.4. The molecule has 8 heteroatoms. The van der Waals surface area contributed by atoms with Gasteiger partial charge in [-0.05, 0) is 31.0 Å². The van der Waals surface area contributed by atoms with Gasteiger partial charge in [0, 0.05) is 17.5 Å². The summed E-state index contributed by atoms with van der Waals surface area (Å²) in [6, 6.07) is 6.22. The van der Waals surface area contributed by atoms with E-state index in [1.165, 1.54) is 29.7 Å². The standard InChI is InChI=1S/C22H22FNO5S/c1-3-5-10-28-19-18(25)17(13-29-20(19)22(26)27-4-2)21-24-12-16(30-21)11-14-6-8-15(23)9-7-14/h6-9,12-13H,3-5,10-11H2,1-2H3. The Kier molecular flexibility index (Phi) is 7.35. The zero-order valence-corrected chi connectivity index (χ0v) is 17.6. The van der Waals surface area contributed by atoms with Gasteiger partial charge in [-0.25, -0.2) is 14.2 Å². The number of benzene rings is 1. The molecular weight excluding hydrogens is 409 g/mol. The normalized spacial score (nSPS) is 10.8. The first-order valence-electron chi connectivity index (χ1n) is 9.68. The summed E-state index contributed by atoms with van der Waals surface area (Å²) in [6.45, 7) is 4.09. The van der Waals surface area contributed by atoms with Crippen LogP contribution in [0.25, 0.3) is 10.6 Å². The van der Waals surface area contributed by atoms with Gasteiger partial charge in [0.05, 0.1) is 18.8 Å². The molecule has 0 atom stereocenters. The fraction of sp³-hybridized carbons (Fsp3) is 0.318. The van der Waals surface area contributed by atoms with Crippen LogP contribution in [0.5, 0.6) is 5.75 Å². The number of hydrogen-bond donors (Lipinski definition) is 0. The third-order valence-electron chi connectivity index (χ3n) is 4.23. The van der Waals surface area contributed by atoms with Crippen molar-refractivity contribution in [3.8, 4) is 16.3 Å². The molecule has 158 valence electrons. The van der Waals surface area contributed by atoms with Crippen molar-refractivity contribution in [2.24, 2.45) is 0 Å². The first kappa shape index (κ1) is 21.7. The summed E-state index contributed by atoms with van der Waals surface area (Å²) in [6.07, 6.45) is 5.04. The molecule has 0 saturated heterocycles. The Labute approximate surface area is 177 Å². The van der Waals surface area contributed by atoms with Crippen LogP contribution in [0.2, 0.25) is 0 Å². The van der Waals surface area contributed by atoms with Crippen molar-refractivity contribution < 1.29 is 23.1 Å². The minimum absolute atomic E-state index is 0.151. The highest BCUT2D eigenvalue weighted by molar-refractivity contribution is 7.15. The minimum Gasteiger partial charge on any atom is -0.486 e. The number of carbonyl (C=O) groups is 1. The zero-order chi connectivity index (χ0) is 21.5. The summed E-state index contributed by atoms with van der Waals surface area (Å²) in [5.74, 6) is -1.44. The van der Waals surface area contributed by atoms with Crippen LogP contribution in [0.3, 0.4) is 0 Å². The highest BCUT2D eigenvalue weighted by Gasteiger charge is 2.24. The number of hydrogen-bond acceptors (Lipinski definition) is 7. The molecule has 3 aromatic rings. The lowest BCUT2D eigenvalue weighted by Gasteiger charge is -2.09. The number of halogens is 1. The van der Waals surface area contributed by atoms with Crippen molar-refractivity contribution in [1.82, 2.24) is 4.98 Å². The van der Waals surface area contributed by atoms with E-state index in [4.69, 9.17) is 13.9 Å². The lowest BCUT2D eigenvalue weighted by atomic mass is 10.1. The van der Waals surface area contributed by atoms with E-state index in [1.54, 1.807) is 25.3 Å². The van der Waals surface area contributed by atoms with Crippen molar-refractivity contribution in [2.45, 2.75) is 33.1 Å². The lowest BCUT2D eigenvalue weighted by Crippen LogP contribution is -2.17. The average molecular weight is 431 g/mol. The van der Waals surface area contributed by atoms with Crippen LogP contribution >= 0.6 is 11.3 Å². The molecule has 1 aromatic carbocycles. The molecular formula is C22H22FNO5S. The fourth-order valence-corrected chi connectivity index (χ4v) is 3.65. The van der Waals surface area contributed by atoms with Gasteiger partial charge in [0.1, 0.15) is 17.1 Å². The van der Waals surface area contributed by atoms with Crippen LogP contribution in [0.15, 0.2) is 45.9 Å². The number of carbonyl (C=O) groups excluding carboxylic acids is 1. The largest absolute Gasteiger partial charge is 0.486 e. The summed E-state index contributed by atoms with van der Waals surface area (Å²) in [5, 5.41) is 0.455. The predicted octanol–water partition coefficient (Wildman–Crippen LogP) is 4.85. The molecule has 6 nitrogen and oxygen atoms in total. The van der Waals surface area contributed by atoms with Crippen molar-refractivity contribution in [3.05, 3.63) is 69.0 Å². The van der Waals surface area contributed by atoms with E-state index in [2.05, 4.69) is 4.98 Å². The van der Waals surface area contributed by atoms with Gasteiger partial charge in [-0.15, -0.1) is 11.3 Å². The molecule has 0 saturated carbocycles. The summed E-state index contributed by atoms with van der Waals surface area (Å²) in [7, 11) is 0. The second kappa shape index (κ2) is 10.2. The van der Waals surface area contributed by atoms with Crippen LogP contribution in [0.1, 0.15) is 47.7 Å². The van der Waals surface area contributed by atoms with Crippen LogP contribution in [-0.2, 0) is 11.2 Å². The maximum Gasteiger partial charge on any atom is 0.378 e. The predicted molar refractivity (Wildman–Crippen MR) is 112 cm³/mol. The smallest absolute Gasteiger partial charge is 0.378 e. The van der Waals surface area contributed by atoms with Crippen molar-refractivity contribution in [2.75, 3.05) is 13.2 Å². The molecule has 30 heavy (non-hydrogen) atoms. The Bertz CT molecular complexity index is 1060. The lowest BCUT2D eigenvalue weighted by molar-refractivity contribution is 0.0479. The molecule has 2 heterocycles. The van der Waals surface area contributed by atoms with Crippen LogP contribution in [0.4, 0.5) is 4.39 Å². The van der Waals surface area contributed by atoms with Crippen LogP contribution in [0, 0.1) is 5.82 Å². The van der Waals surface area contributed by atoms with Crippen LogP contribution in [-0.4, -0.2) is 24.2 Å². The first-order chi connectivity index (χ1) is 14.5. The molecule has 2 aromatic heterocycles. The molecule has 0 aliphatic carbocycles. The quantitative estimate of drug-likeness (QED) is 0.356. The number of ether oxygens (including phenoxy) is 2. The number of aromatic nitrogens is 1. The molecule has 0 unspecified atom stereocenters. The highest BCUT2D eigenvalue weighted by atomic mass is 32.1. The van der Waals surface area contributed by atoms with E-state index < -0.39 is 11.4 Å². The Balaban J connectivity index is 1.90. The Morgan fingerprint density at radius 2 is 2.00 bits per heavy atom. The minimum atomic E-state index is -0.746. The molecule has 0 aliphatic heterocycles. The van der Waals surface area contributed by atoms with Crippen LogP contribution < -0.4 is 10.2 Å². The van der Waals surface area contributed by atoms with Gasteiger partial charge < -0.3 is 13.9 Å². The number of rotatable bonds is 9. The van der Waals surface area contributed by atoms with Gasteiger partial charge in [0.2, 0.25) is 11.2 Å². The molecule has 0 aliphatic rings. The van der Waals surface area contributed by atoms with E-state index in [0.717, 1.165) is 23.3 Å². The van der Waals surface area contributed by atoms with Gasteiger partial charge in [-0.2, -0.15) is 0 Å². The molecule has 0 amide bonds. The average Bonchev–Trinajstić information content (AvgIpc) is 3.19. The maximum atomic E-state index is 13.1. The number of unbranched alkanes of at least 4 members (excludes halogenated alkanes) is 1. The molecule has 0 N–H and O–H groups in total. The molecule has 0 radical (unpaired) electrons. The maximum absolute atomic E-state index is 13.1. The van der Waals surface area contributed by atoms with E-state index in [0.29, 0.717) is 11.4 Å². The monoisotopic (exact) mass is 431 g/mol. The fourth-order valence-electron chi connectivity index (χ4n) is 2.70. The second-order valence-electron chi connectivity index (χ2n) is 6.49. The van der Waals surface area contributed by atoms with Gasteiger partial charge in [0.15, 0.2) is 0 Å². The van der Waals surface area contributed by atoms with E-state index in [-0.39, 0.29) is 36.1 Å². The van der Waals surface area contributed by atoms with Gasteiger partial charge in [0.25, 0.3) is 5.76 Å². The zero-order valence-electron chi connectivity index (χ0n) is 16.8. The molecule has 0 spiro atoms. The Hall–Kier alpha value is -3.00. The third kappa shape index (κ3) is 5.13. The Morgan fingerprint density at radius 3 is 2.70 bits per heavy atom. The first-order valence-corrected chi connectivity index (χ1v) is 10.5. The van der Waals surface area contributed by atoms with Crippen molar-refractivity contribution in [3.63, 3.8) is 0 Å². The summed E-state index contributed by atoms with van der Waals surface area (Å²) in [5.41, 5.74) is 0.674. The second-order valence-corrected chi connectivity index (χ2v) is 7.61. The van der Waals surface area contributed by atoms with Gasteiger partial charge >= 0.3 is 5.97 Å². The van der Waals surface area contributed by atoms with Gasteiger partial charge in [-0.3, -0.25) is 4.79 Å². The Morgan fingerprint density at radius 1 is 1.23 bits per heavy atom. The van der Waals surface area contributed by atoms with E-state index in [9.17, 15) is 14.0 Å². The van der Waals surface area contributed by atoms with E-state index in [1.807, 2.05) is 6.92 Å². The van der Waals surface area contributed by atoms with Crippen molar-refractivity contribution in [1.29, 1.82) is 0 Å². The summed E-state index contributed by atoms with van der Waals surface area (Å²) >= 11 is 1.32.